The predicted molar refractivity (Wildman–Crippen MR) is 73.3 cm³/mol. The largest absolute Gasteiger partial charge is 0.383 e. The minimum absolute atomic E-state index is 0. The van der Waals surface area contributed by atoms with E-state index in [9.17, 15) is 4.79 Å². The highest BCUT2D eigenvalue weighted by molar-refractivity contribution is 5.85. The smallest absolute Gasteiger partial charge is 0.236 e. The molecule has 1 saturated heterocycles. The summed E-state index contributed by atoms with van der Waals surface area (Å²) in [7, 11) is 3.51. The second-order valence-electron chi connectivity index (χ2n) is 3.75. The van der Waals surface area contributed by atoms with Crippen LogP contribution in [0.2, 0.25) is 0 Å². The summed E-state index contributed by atoms with van der Waals surface area (Å²) >= 11 is 0. The van der Waals surface area contributed by atoms with E-state index >= 15 is 0 Å². The van der Waals surface area contributed by atoms with E-state index < -0.39 is 0 Å². The highest BCUT2D eigenvalue weighted by Gasteiger charge is 2.19. The number of amides is 1. The SMILES string of the molecule is CNCC(=O)N1CCN(CCOC)CC1.Cl.Cl. The number of hydrogen-bond donors (Lipinski definition) is 1. The normalized spacial score (nSPS) is 16.0. The topological polar surface area (TPSA) is 44.8 Å². The minimum Gasteiger partial charge on any atom is -0.383 e. The van der Waals surface area contributed by atoms with E-state index in [1.807, 2.05) is 4.90 Å². The lowest BCUT2D eigenvalue weighted by Gasteiger charge is -2.34. The van der Waals surface area contributed by atoms with Gasteiger partial charge in [0.1, 0.15) is 0 Å². The number of nitrogens with zero attached hydrogens (tertiary/aromatic N) is 2. The van der Waals surface area contributed by atoms with Gasteiger partial charge >= 0.3 is 0 Å². The van der Waals surface area contributed by atoms with Gasteiger partial charge in [0.25, 0.3) is 0 Å². The zero-order valence-corrected chi connectivity index (χ0v) is 12.1. The number of nitrogens with one attached hydrogen (secondary N) is 1. The summed E-state index contributed by atoms with van der Waals surface area (Å²) in [4.78, 5) is 15.8. The van der Waals surface area contributed by atoms with Crippen LogP contribution in [0.1, 0.15) is 0 Å². The summed E-state index contributed by atoms with van der Waals surface area (Å²) in [6, 6.07) is 0. The van der Waals surface area contributed by atoms with E-state index in [0.717, 1.165) is 39.3 Å². The van der Waals surface area contributed by atoms with Crippen LogP contribution in [0.3, 0.4) is 0 Å². The van der Waals surface area contributed by atoms with Gasteiger partial charge in [-0.15, -0.1) is 24.8 Å². The Labute approximate surface area is 116 Å². The van der Waals surface area contributed by atoms with Gasteiger partial charge in [0.15, 0.2) is 0 Å². The molecule has 5 nitrogen and oxygen atoms in total. The van der Waals surface area contributed by atoms with Crippen LogP contribution in [0.4, 0.5) is 0 Å². The van der Waals surface area contributed by atoms with Crippen LogP contribution in [-0.4, -0.2) is 75.7 Å². The molecule has 0 aromatic heterocycles. The van der Waals surface area contributed by atoms with Crippen molar-refractivity contribution in [2.24, 2.45) is 0 Å². The molecule has 0 aromatic carbocycles. The minimum atomic E-state index is 0. The number of piperazine rings is 1. The number of halogens is 2. The summed E-state index contributed by atoms with van der Waals surface area (Å²) in [5.41, 5.74) is 0. The maximum Gasteiger partial charge on any atom is 0.236 e. The van der Waals surface area contributed by atoms with E-state index in [1.54, 1.807) is 14.2 Å². The molecule has 1 rings (SSSR count). The molecule has 0 radical (unpaired) electrons. The van der Waals surface area contributed by atoms with Crippen molar-refractivity contribution in [1.82, 2.24) is 15.1 Å². The monoisotopic (exact) mass is 287 g/mol. The van der Waals surface area contributed by atoms with E-state index in [4.69, 9.17) is 4.74 Å². The number of rotatable bonds is 5. The molecular formula is C10H23Cl2N3O2. The Hall–Kier alpha value is -0.0700. The average molecular weight is 288 g/mol. The number of carbonyl (C=O) groups is 1. The van der Waals surface area contributed by atoms with Gasteiger partial charge in [0.2, 0.25) is 5.91 Å². The summed E-state index contributed by atoms with van der Waals surface area (Å²) in [6.07, 6.45) is 0. The van der Waals surface area contributed by atoms with E-state index in [0.29, 0.717) is 6.54 Å². The quantitative estimate of drug-likeness (QED) is 0.763. The fourth-order valence-corrected chi connectivity index (χ4v) is 1.70. The van der Waals surface area contributed by atoms with Crippen LogP contribution in [0, 0.1) is 0 Å². The maximum absolute atomic E-state index is 11.5. The van der Waals surface area contributed by atoms with Crippen LogP contribution in [0.25, 0.3) is 0 Å². The second kappa shape index (κ2) is 11.0. The summed E-state index contributed by atoms with van der Waals surface area (Å²) in [5, 5.41) is 2.89. The number of likely N-dealkylation sites (N-methyl/N-ethyl adjacent to an activating group) is 1. The summed E-state index contributed by atoms with van der Waals surface area (Å²) in [5.74, 6) is 0.198. The first kappa shape index (κ1) is 19.3. The zero-order valence-electron chi connectivity index (χ0n) is 10.5. The van der Waals surface area contributed by atoms with E-state index in [1.165, 1.54) is 0 Å². The first-order chi connectivity index (χ1) is 7.27. The molecule has 1 amide bonds. The zero-order chi connectivity index (χ0) is 11.1. The average Bonchev–Trinajstić information content (AvgIpc) is 2.27. The van der Waals surface area contributed by atoms with E-state index in [2.05, 4.69) is 10.2 Å². The van der Waals surface area contributed by atoms with Crippen LogP contribution in [-0.2, 0) is 9.53 Å². The molecule has 1 aliphatic heterocycles. The van der Waals surface area contributed by atoms with Crippen molar-refractivity contribution >= 4 is 30.7 Å². The Kier molecular flexibility index (Phi) is 12.5. The molecule has 1 heterocycles. The molecule has 0 spiro atoms. The maximum atomic E-state index is 11.5. The Bertz CT molecular complexity index is 200. The first-order valence-electron chi connectivity index (χ1n) is 5.41. The van der Waals surface area contributed by atoms with Gasteiger partial charge < -0.3 is 15.0 Å². The van der Waals surface area contributed by atoms with Crippen LogP contribution in [0.15, 0.2) is 0 Å². The van der Waals surface area contributed by atoms with Crippen molar-refractivity contribution in [2.45, 2.75) is 0 Å². The lowest BCUT2D eigenvalue weighted by molar-refractivity contribution is -0.131. The van der Waals surface area contributed by atoms with Gasteiger partial charge in [-0.05, 0) is 7.05 Å². The third-order valence-corrected chi connectivity index (χ3v) is 2.66. The molecule has 0 aromatic rings. The fourth-order valence-electron chi connectivity index (χ4n) is 1.70. The molecule has 0 atom stereocenters. The number of ether oxygens (including phenoxy) is 1. The molecule has 1 N–H and O–H groups in total. The molecule has 1 aliphatic rings. The lowest BCUT2D eigenvalue weighted by atomic mass is 10.3. The Morgan fingerprint density at radius 3 is 2.29 bits per heavy atom. The Balaban J connectivity index is 0. The molecule has 0 unspecified atom stereocenters. The summed E-state index contributed by atoms with van der Waals surface area (Å²) < 4.78 is 5.03. The molecule has 0 bridgehead atoms. The van der Waals surface area contributed by atoms with E-state index in [-0.39, 0.29) is 30.7 Å². The van der Waals surface area contributed by atoms with Crippen molar-refractivity contribution in [3.63, 3.8) is 0 Å². The Morgan fingerprint density at radius 2 is 1.82 bits per heavy atom. The van der Waals surface area contributed by atoms with Gasteiger partial charge in [-0.1, -0.05) is 0 Å². The molecule has 1 fully saturated rings. The van der Waals surface area contributed by atoms with Crippen LogP contribution in [0.5, 0.6) is 0 Å². The number of carbonyl (C=O) groups excluding carboxylic acids is 1. The van der Waals surface area contributed by atoms with Crippen molar-refractivity contribution in [1.29, 1.82) is 0 Å². The molecule has 104 valence electrons. The fraction of sp³-hybridized carbons (Fsp3) is 0.900. The molecule has 7 heteroatoms. The van der Waals surface area contributed by atoms with Gasteiger partial charge in [-0.2, -0.15) is 0 Å². The number of methoxy groups -OCH3 is 1. The lowest BCUT2D eigenvalue weighted by Crippen LogP contribution is -2.51. The third-order valence-electron chi connectivity index (χ3n) is 2.66. The highest BCUT2D eigenvalue weighted by Crippen LogP contribution is 2.01. The molecule has 17 heavy (non-hydrogen) atoms. The summed E-state index contributed by atoms with van der Waals surface area (Å²) in [6.45, 7) is 5.76. The van der Waals surface area contributed by atoms with Gasteiger partial charge in [0, 0.05) is 39.8 Å². The highest BCUT2D eigenvalue weighted by atomic mass is 35.5. The van der Waals surface area contributed by atoms with Gasteiger partial charge in [-0.3, -0.25) is 9.69 Å². The van der Waals surface area contributed by atoms with Crippen molar-refractivity contribution in [2.75, 3.05) is 60.0 Å². The van der Waals surface area contributed by atoms with Crippen LogP contribution >= 0.6 is 24.8 Å². The molecule has 0 aliphatic carbocycles. The molecular weight excluding hydrogens is 265 g/mol. The number of hydrogen-bond acceptors (Lipinski definition) is 4. The Morgan fingerprint density at radius 1 is 1.24 bits per heavy atom. The van der Waals surface area contributed by atoms with Crippen LogP contribution < -0.4 is 5.32 Å². The second-order valence-corrected chi connectivity index (χ2v) is 3.75. The van der Waals surface area contributed by atoms with Crippen molar-refractivity contribution < 1.29 is 9.53 Å². The first-order valence-corrected chi connectivity index (χ1v) is 5.41. The third kappa shape index (κ3) is 7.06. The van der Waals surface area contributed by atoms with Crippen molar-refractivity contribution in [3.8, 4) is 0 Å². The van der Waals surface area contributed by atoms with Gasteiger partial charge in [0.05, 0.1) is 13.2 Å². The predicted octanol–water partition coefficient (Wildman–Crippen LogP) is -0.160. The standard InChI is InChI=1S/C10H21N3O2.2ClH/c1-11-9-10(14)13-5-3-12(4-6-13)7-8-15-2;;/h11H,3-9H2,1-2H3;2*1H. The molecule has 0 saturated carbocycles. The van der Waals surface area contributed by atoms with Crippen molar-refractivity contribution in [3.05, 3.63) is 0 Å². The van der Waals surface area contributed by atoms with Gasteiger partial charge in [-0.25, -0.2) is 0 Å².